The summed E-state index contributed by atoms with van der Waals surface area (Å²) in [7, 11) is 0. The van der Waals surface area contributed by atoms with Gasteiger partial charge in [-0.1, -0.05) is 18.2 Å². The van der Waals surface area contributed by atoms with Crippen molar-refractivity contribution in [1.29, 1.82) is 0 Å². The van der Waals surface area contributed by atoms with Crippen LogP contribution in [0.5, 0.6) is 0 Å². The second-order valence-electron chi connectivity index (χ2n) is 4.94. The number of nitrogens with two attached hydrogens (primary N) is 1. The quantitative estimate of drug-likeness (QED) is 0.694. The summed E-state index contributed by atoms with van der Waals surface area (Å²) >= 11 is 0. The highest BCUT2D eigenvalue weighted by atomic mass is 16.2. The number of pyridine rings is 1. The van der Waals surface area contributed by atoms with Crippen molar-refractivity contribution in [2.45, 2.75) is 0 Å². The van der Waals surface area contributed by atoms with Crippen LogP contribution in [-0.4, -0.2) is 16.9 Å². The summed E-state index contributed by atoms with van der Waals surface area (Å²) in [6.45, 7) is 0. The Morgan fingerprint density at radius 2 is 1.65 bits per heavy atom. The van der Waals surface area contributed by atoms with Gasteiger partial charge in [0.2, 0.25) is 0 Å². The number of carbonyl (C=O) groups excluding carboxylic acids is 2. The lowest BCUT2D eigenvalue weighted by Crippen LogP contribution is -2.19. The monoisotopic (exact) mass is 306 g/mol. The first-order valence-corrected chi connectivity index (χ1v) is 6.94. The highest BCUT2D eigenvalue weighted by molar-refractivity contribution is 6.05. The Balaban J connectivity index is 1.76. The van der Waals surface area contributed by atoms with Crippen molar-refractivity contribution in [1.82, 2.24) is 4.98 Å². The van der Waals surface area contributed by atoms with Crippen LogP contribution in [0.3, 0.4) is 0 Å². The summed E-state index contributed by atoms with van der Waals surface area (Å²) < 4.78 is 0. The number of nitrogens with zero attached hydrogens (tertiary/aromatic N) is 1. The van der Waals surface area contributed by atoms with Crippen molar-refractivity contribution in [3.8, 4) is 0 Å². The third kappa shape index (κ3) is 3.44. The first-order valence-electron chi connectivity index (χ1n) is 6.94. The molecule has 6 heteroatoms. The molecular formula is C17H14N4O2. The number of rotatable bonds is 3. The van der Waals surface area contributed by atoms with E-state index in [1.54, 1.807) is 30.5 Å². The molecule has 6 nitrogen and oxygen atoms in total. The Morgan fingerprint density at radius 1 is 0.913 bits per heavy atom. The fourth-order valence-corrected chi connectivity index (χ4v) is 2.19. The van der Waals surface area contributed by atoms with Crippen LogP contribution in [0, 0.1) is 0 Å². The van der Waals surface area contributed by atoms with Gasteiger partial charge in [-0.3, -0.25) is 9.78 Å². The largest absolute Gasteiger partial charge is 0.351 e. The number of urea groups is 1. The van der Waals surface area contributed by atoms with Crippen molar-refractivity contribution in [3.63, 3.8) is 0 Å². The van der Waals surface area contributed by atoms with Gasteiger partial charge in [-0.05, 0) is 36.4 Å². The van der Waals surface area contributed by atoms with E-state index in [-0.39, 0.29) is 5.91 Å². The average molecular weight is 306 g/mol. The summed E-state index contributed by atoms with van der Waals surface area (Å²) in [4.78, 5) is 27.3. The maximum absolute atomic E-state index is 12.2. The van der Waals surface area contributed by atoms with Gasteiger partial charge in [-0.2, -0.15) is 0 Å². The van der Waals surface area contributed by atoms with Crippen LogP contribution in [0.15, 0.2) is 60.8 Å². The van der Waals surface area contributed by atoms with E-state index < -0.39 is 6.03 Å². The molecule has 1 aromatic heterocycles. The number of hydrogen-bond donors (Lipinski definition) is 3. The number of carbonyl (C=O) groups is 2. The summed E-state index contributed by atoms with van der Waals surface area (Å²) in [5.74, 6) is -0.257. The highest BCUT2D eigenvalue weighted by Gasteiger charge is 2.07. The third-order valence-electron chi connectivity index (χ3n) is 3.26. The Morgan fingerprint density at radius 3 is 2.39 bits per heavy atom. The molecule has 1 heterocycles. The van der Waals surface area contributed by atoms with E-state index in [1.165, 1.54) is 0 Å². The van der Waals surface area contributed by atoms with Crippen molar-refractivity contribution >= 4 is 34.2 Å². The van der Waals surface area contributed by atoms with Crippen molar-refractivity contribution in [2.75, 3.05) is 10.6 Å². The van der Waals surface area contributed by atoms with Crippen LogP contribution in [0.1, 0.15) is 10.4 Å². The first-order chi connectivity index (χ1) is 11.1. The lowest BCUT2D eigenvalue weighted by molar-refractivity contribution is 0.102. The maximum atomic E-state index is 12.2. The summed E-state index contributed by atoms with van der Waals surface area (Å²) in [5, 5.41) is 6.19. The second-order valence-corrected chi connectivity index (χ2v) is 4.94. The molecule has 23 heavy (non-hydrogen) atoms. The SMILES string of the molecule is NC(=O)Nc1ccc(C(=O)Nc2cnc3ccccc3c2)cc1. The Hall–Kier alpha value is -3.41. The Kier molecular flexibility index (Phi) is 3.88. The van der Waals surface area contributed by atoms with E-state index >= 15 is 0 Å². The van der Waals surface area contributed by atoms with E-state index in [0.717, 1.165) is 10.9 Å². The van der Waals surface area contributed by atoms with Crippen LogP contribution in [-0.2, 0) is 0 Å². The van der Waals surface area contributed by atoms with E-state index in [4.69, 9.17) is 5.73 Å². The molecule has 114 valence electrons. The minimum absolute atomic E-state index is 0.257. The molecule has 0 aliphatic heterocycles. The number of aromatic nitrogens is 1. The zero-order chi connectivity index (χ0) is 16.2. The normalized spacial score (nSPS) is 10.3. The molecule has 0 atom stereocenters. The smallest absolute Gasteiger partial charge is 0.316 e. The predicted octanol–water partition coefficient (Wildman–Crippen LogP) is 2.98. The molecule has 0 saturated heterocycles. The lowest BCUT2D eigenvalue weighted by atomic mass is 10.2. The fraction of sp³-hybridized carbons (Fsp3) is 0. The third-order valence-corrected chi connectivity index (χ3v) is 3.26. The molecule has 3 rings (SSSR count). The molecule has 0 fully saturated rings. The van der Waals surface area contributed by atoms with Crippen molar-refractivity contribution in [3.05, 3.63) is 66.4 Å². The number of primary amides is 1. The molecular weight excluding hydrogens is 292 g/mol. The predicted molar refractivity (Wildman–Crippen MR) is 89.3 cm³/mol. The van der Waals surface area contributed by atoms with Gasteiger partial charge in [0.05, 0.1) is 17.4 Å². The van der Waals surface area contributed by atoms with Gasteiger partial charge in [-0.15, -0.1) is 0 Å². The van der Waals surface area contributed by atoms with E-state index in [1.807, 2.05) is 30.3 Å². The summed E-state index contributed by atoms with van der Waals surface area (Å²) in [5.41, 5.74) is 7.52. The number of para-hydroxylation sites is 1. The van der Waals surface area contributed by atoms with Gasteiger partial charge in [0.1, 0.15) is 0 Å². The van der Waals surface area contributed by atoms with E-state index in [0.29, 0.717) is 16.9 Å². The summed E-state index contributed by atoms with van der Waals surface area (Å²) in [6, 6.07) is 15.3. The van der Waals surface area contributed by atoms with Crippen LogP contribution < -0.4 is 16.4 Å². The zero-order valence-corrected chi connectivity index (χ0v) is 12.1. The molecule has 3 amide bonds. The highest BCUT2D eigenvalue weighted by Crippen LogP contribution is 2.17. The van der Waals surface area contributed by atoms with E-state index in [2.05, 4.69) is 15.6 Å². The number of nitrogens with one attached hydrogen (secondary N) is 2. The number of hydrogen-bond acceptors (Lipinski definition) is 3. The maximum Gasteiger partial charge on any atom is 0.316 e. The fourth-order valence-electron chi connectivity index (χ4n) is 2.19. The van der Waals surface area contributed by atoms with Gasteiger partial charge < -0.3 is 16.4 Å². The molecule has 0 radical (unpaired) electrons. The number of amides is 3. The van der Waals surface area contributed by atoms with E-state index in [9.17, 15) is 9.59 Å². The van der Waals surface area contributed by atoms with Crippen molar-refractivity contribution in [2.24, 2.45) is 5.73 Å². The molecule has 3 aromatic rings. The van der Waals surface area contributed by atoms with Gasteiger partial charge in [0.15, 0.2) is 0 Å². The molecule has 0 unspecified atom stereocenters. The molecule has 4 N–H and O–H groups in total. The molecule has 0 bridgehead atoms. The zero-order valence-electron chi connectivity index (χ0n) is 12.1. The van der Waals surface area contributed by atoms with Gasteiger partial charge in [-0.25, -0.2) is 4.79 Å². The summed E-state index contributed by atoms with van der Waals surface area (Å²) in [6.07, 6.45) is 1.61. The number of benzene rings is 2. The standard InChI is InChI=1S/C17H14N4O2/c18-17(23)21-13-7-5-11(6-8-13)16(22)20-14-9-12-3-1-2-4-15(12)19-10-14/h1-10H,(H,20,22)(H3,18,21,23). The number of fused-ring (bicyclic) bond motifs is 1. The minimum Gasteiger partial charge on any atom is -0.351 e. The molecule has 0 spiro atoms. The van der Waals surface area contributed by atoms with Crippen LogP contribution in [0.2, 0.25) is 0 Å². The van der Waals surface area contributed by atoms with Crippen molar-refractivity contribution < 1.29 is 9.59 Å². The van der Waals surface area contributed by atoms with Gasteiger partial charge >= 0.3 is 6.03 Å². The topological polar surface area (TPSA) is 97.1 Å². The molecule has 0 aliphatic rings. The Labute approximate surface area is 132 Å². The average Bonchev–Trinajstić information content (AvgIpc) is 2.55. The minimum atomic E-state index is -0.649. The van der Waals surface area contributed by atoms with Gasteiger partial charge in [0, 0.05) is 16.6 Å². The lowest BCUT2D eigenvalue weighted by Gasteiger charge is -2.07. The van der Waals surface area contributed by atoms with Gasteiger partial charge in [0.25, 0.3) is 5.91 Å². The molecule has 0 aliphatic carbocycles. The van der Waals surface area contributed by atoms with Crippen LogP contribution in [0.25, 0.3) is 10.9 Å². The van der Waals surface area contributed by atoms with Crippen LogP contribution >= 0.6 is 0 Å². The Bertz CT molecular complexity index is 875. The first kappa shape index (κ1) is 14.5. The molecule has 2 aromatic carbocycles. The molecule has 0 saturated carbocycles. The second kappa shape index (κ2) is 6.15. The number of anilines is 2. The van der Waals surface area contributed by atoms with Crippen LogP contribution in [0.4, 0.5) is 16.2 Å².